The number of hydrogen-bond acceptors (Lipinski definition) is 5. The monoisotopic (exact) mass is 258 g/mol. The highest BCUT2D eigenvalue weighted by Gasteiger charge is 2.47. The van der Waals surface area contributed by atoms with Gasteiger partial charge in [-0.2, -0.15) is 4.68 Å². The maximum atomic E-state index is 12.1. The van der Waals surface area contributed by atoms with Crippen molar-refractivity contribution in [1.82, 2.24) is 20.1 Å². The van der Waals surface area contributed by atoms with E-state index in [-0.39, 0.29) is 17.5 Å². The lowest BCUT2D eigenvalue weighted by molar-refractivity contribution is 0.234. The Balaban J connectivity index is 1.83. The van der Waals surface area contributed by atoms with Gasteiger partial charge in [0.2, 0.25) is 5.95 Å². The van der Waals surface area contributed by atoms with Gasteiger partial charge >= 0.3 is 6.03 Å². The molecule has 1 aromatic heterocycles. The first-order valence-electron chi connectivity index (χ1n) is 5.95. The Hall–Kier alpha value is -2.57. The molecule has 1 fully saturated rings. The smallest absolute Gasteiger partial charge is 0.344 e. The summed E-state index contributed by atoms with van der Waals surface area (Å²) < 4.78 is 1.09. The number of nitrogens with zero attached hydrogens (tertiary/aromatic N) is 3. The largest absolute Gasteiger partial charge is 0.398 e. The van der Waals surface area contributed by atoms with Gasteiger partial charge in [-0.15, -0.1) is 5.10 Å². The summed E-state index contributed by atoms with van der Waals surface area (Å²) in [5.74, 6) is 0.0687. The number of rotatable bonds is 2. The maximum absolute atomic E-state index is 12.1. The molecule has 1 aromatic carbocycles. The molecule has 7 heteroatoms. The fourth-order valence-corrected chi connectivity index (χ4v) is 2.16. The molecule has 0 saturated heterocycles. The van der Waals surface area contributed by atoms with Crippen molar-refractivity contribution in [3.05, 3.63) is 36.2 Å². The molecule has 3 rings (SSSR count). The highest BCUT2D eigenvalue weighted by atomic mass is 16.2. The normalized spacial score (nSPS) is 16.0. The number of benzene rings is 1. The summed E-state index contributed by atoms with van der Waals surface area (Å²) in [6.45, 7) is 0. The SMILES string of the molecule is Nc1ncn(C(=O)NC2(c3ccccc3N)CC2)n1. The van der Waals surface area contributed by atoms with E-state index in [0.717, 1.165) is 23.1 Å². The second-order valence-electron chi connectivity index (χ2n) is 4.65. The zero-order valence-electron chi connectivity index (χ0n) is 10.2. The van der Waals surface area contributed by atoms with E-state index in [9.17, 15) is 4.79 Å². The van der Waals surface area contributed by atoms with Crippen LogP contribution in [0.5, 0.6) is 0 Å². The van der Waals surface area contributed by atoms with Crippen molar-refractivity contribution in [2.45, 2.75) is 18.4 Å². The Morgan fingerprint density at radius 1 is 1.32 bits per heavy atom. The number of hydrogen-bond donors (Lipinski definition) is 3. The second-order valence-corrected chi connectivity index (χ2v) is 4.65. The van der Waals surface area contributed by atoms with Crippen LogP contribution in [0.4, 0.5) is 16.4 Å². The zero-order valence-corrected chi connectivity index (χ0v) is 10.2. The van der Waals surface area contributed by atoms with Crippen molar-refractivity contribution >= 4 is 17.7 Å². The van der Waals surface area contributed by atoms with E-state index in [2.05, 4.69) is 15.4 Å². The van der Waals surface area contributed by atoms with E-state index in [1.807, 2.05) is 24.3 Å². The summed E-state index contributed by atoms with van der Waals surface area (Å²) in [6.07, 6.45) is 3.00. The topological polar surface area (TPSA) is 112 Å². The number of amides is 1. The first-order chi connectivity index (χ1) is 9.11. The lowest BCUT2D eigenvalue weighted by Gasteiger charge is -2.19. The van der Waals surface area contributed by atoms with Gasteiger partial charge in [-0.05, 0) is 18.9 Å². The van der Waals surface area contributed by atoms with Crippen LogP contribution in [-0.4, -0.2) is 20.8 Å². The highest BCUT2D eigenvalue weighted by molar-refractivity contribution is 5.78. The summed E-state index contributed by atoms with van der Waals surface area (Å²) in [5.41, 5.74) is 12.6. The van der Waals surface area contributed by atoms with Gasteiger partial charge in [-0.1, -0.05) is 18.2 Å². The minimum atomic E-state index is -0.386. The Morgan fingerprint density at radius 3 is 2.63 bits per heavy atom. The number of para-hydroxylation sites is 1. The second kappa shape index (κ2) is 3.98. The lowest BCUT2D eigenvalue weighted by Crippen LogP contribution is -2.38. The van der Waals surface area contributed by atoms with Crippen molar-refractivity contribution in [3.63, 3.8) is 0 Å². The third-order valence-electron chi connectivity index (χ3n) is 3.29. The van der Waals surface area contributed by atoms with Gasteiger partial charge in [0, 0.05) is 11.3 Å². The minimum Gasteiger partial charge on any atom is -0.398 e. The van der Waals surface area contributed by atoms with Crippen molar-refractivity contribution in [1.29, 1.82) is 0 Å². The van der Waals surface area contributed by atoms with Crippen molar-refractivity contribution in [3.8, 4) is 0 Å². The van der Waals surface area contributed by atoms with Crippen LogP contribution in [0.1, 0.15) is 18.4 Å². The van der Waals surface area contributed by atoms with Gasteiger partial charge < -0.3 is 16.8 Å². The van der Waals surface area contributed by atoms with Gasteiger partial charge in [0.25, 0.3) is 0 Å². The van der Waals surface area contributed by atoms with Gasteiger partial charge in [0.15, 0.2) is 0 Å². The van der Waals surface area contributed by atoms with Crippen LogP contribution in [0.3, 0.4) is 0 Å². The molecule has 0 spiro atoms. The molecule has 19 heavy (non-hydrogen) atoms. The summed E-state index contributed by atoms with van der Waals surface area (Å²) >= 11 is 0. The summed E-state index contributed by atoms with van der Waals surface area (Å²) in [7, 11) is 0. The molecule has 1 saturated carbocycles. The zero-order chi connectivity index (χ0) is 13.5. The average molecular weight is 258 g/mol. The molecule has 0 bridgehead atoms. The minimum absolute atomic E-state index is 0.0687. The van der Waals surface area contributed by atoms with Crippen LogP contribution >= 0.6 is 0 Å². The van der Waals surface area contributed by atoms with Crippen molar-refractivity contribution < 1.29 is 4.79 Å². The van der Waals surface area contributed by atoms with E-state index >= 15 is 0 Å². The molecule has 2 aromatic rings. The molecule has 98 valence electrons. The van der Waals surface area contributed by atoms with Crippen LogP contribution < -0.4 is 16.8 Å². The van der Waals surface area contributed by atoms with Crippen LogP contribution in [0.2, 0.25) is 0 Å². The number of carbonyl (C=O) groups excluding carboxylic acids is 1. The summed E-state index contributed by atoms with van der Waals surface area (Å²) in [5, 5.41) is 6.72. The molecule has 1 amide bonds. The highest BCUT2D eigenvalue weighted by Crippen LogP contribution is 2.47. The molecule has 7 nitrogen and oxygen atoms in total. The standard InChI is InChI=1S/C12H14N6O/c13-9-4-2-1-3-8(9)12(5-6-12)16-11(19)18-7-15-10(14)17-18/h1-4,7H,5-6,13H2,(H2,14,17)(H,16,19). The van der Waals surface area contributed by atoms with Crippen molar-refractivity contribution in [2.75, 3.05) is 11.5 Å². The predicted molar refractivity (Wildman–Crippen MR) is 70.1 cm³/mol. The average Bonchev–Trinajstić information content (AvgIpc) is 3.02. The summed E-state index contributed by atoms with van der Waals surface area (Å²) in [6, 6.07) is 7.18. The Labute approximate surface area is 109 Å². The Bertz CT molecular complexity index is 631. The van der Waals surface area contributed by atoms with E-state index < -0.39 is 0 Å². The van der Waals surface area contributed by atoms with Gasteiger partial charge in [0.1, 0.15) is 6.33 Å². The lowest BCUT2D eigenvalue weighted by atomic mass is 10.0. The third-order valence-corrected chi connectivity index (χ3v) is 3.29. The number of nitrogens with two attached hydrogens (primary N) is 2. The number of aromatic nitrogens is 3. The molecule has 1 aliphatic rings. The molecule has 0 atom stereocenters. The van der Waals surface area contributed by atoms with Gasteiger partial charge in [-0.3, -0.25) is 0 Å². The van der Waals surface area contributed by atoms with E-state index in [1.165, 1.54) is 6.33 Å². The van der Waals surface area contributed by atoms with E-state index in [4.69, 9.17) is 11.5 Å². The predicted octanol–water partition coefficient (Wildman–Crippen LogP) is 0.689. The van der Waals surface area contributed by atoms with Gasteiger partial charge in [-0.25, -0.2) is 9.78 Å². The van der Waals surface area contributed by atoms with Crippen molar-refractivity contribution in [2.24, 2.45) is 0 Å². The molecule has 1 heterocycles. The molecular weight excluding hydrogens is 244 g/mol. The molecule has 0 unspecified atom stereocenters. The number of nitrogens with one attached hydrogen (secondary N) is 1. The van der Waals surface area contributed by atoms with Gasteiger partial charge in [0.05, 0.1) is 5.54 Å². The maximum Gasteiger partial charge on any atom is 0.344 e. The molecule has 0 radical (unpaired) electrons. The quantitative estimate of drug-likeness (QED) is 0.686. The fraction of sp³-hybridized carbons (Fsp3) is 0.250. The van der Waals surface area contributed by atoms with E-state index in [0.29, 0.717) is 5.69 Å². The van der Waals surface area contributed by atoms with Crippen LogP contribution in [-0.2, 0) is 5.54 Å². The summed E-state index contributed by atoms with van der Waals surface area (Å²) in [4.78, 5) is 15.8. The fourth-order valence-electron chi connectivity index (χ4n) is 2.16. The first kappa shape index (κ1) is 11.5. The third kappa shape index (κ3) is 1.99. The molecular formula is C12H14N6O. The Morgan fingerprint density at radius 2 is 2.05 bits per heavy atom. The van der Waals surface area contributed by atoms with E-state index in [1.54, 1.807) is 0 Å². The number of anilines is 2. The van der Waals surface area contributed by atoms with Crippen LogP contribution in [0.15, 0.2) is 30.6 Å². The van der Waals surface area contributed by atoms with Crippen LogP contribution in [0.25, 0.3) is 0 Å². The molecule has 5 N–H and O–H groups in total. The molecule has 1 aliphatic carbocycles. The number of carbonyl (C=O) groups is 1. The molecule has 0 aliphatic heterocycles. The van der Waals surface area contributed by atoms with Crippen LogP contribution in [0, 0.1) is 0 Å². The number of nitrogen functional groups attached to an aromatic ring is 2. The first-order valence-corrected chi connectivity index (χ1v) is 5.95. The Kier molecular flexibility index (Phi) is 2.41.